The summed E-state index contributed by atoms with van der Waals surface area (Å²) in [5.74, 6) is 1.16. The fourth-order valence-electron chi connectivity index (χ4n) is 1.38. The van der Waals surface area contributed by atoms with Crippen molar-refractivity contribution >= 4 is 11.8 Å². The van der Waals surface area contributed by atoms with Crippen LogP contribution in [0.25, 0.3) is 0 Å². The Morgan fingerprint density at radius 3 is 2.56 bits per heavy atom. The van der Waals surface area contributed by atoms with E-state index < -0.39 is 0 Å². The minimum absolute atomic E-state index is 0.304. The third-order valence-corrected chi connectivity index (χ3v) is 3.22. The van der Waals surface area contributed by atoms with Crippen molar-refractivity contribution in [2.24, 2.45) is 0 Å². The minimum Gasteiger partial charge on any atom is -0.508 e. The molecule has 0 saturated heterocycles. The molecule has 0 aliphatic carbocycles. The molecule has 3 heteroatoms. The Labute approximate surface area is 99.4 Å². The zero-order chi connectivity index (χ0) is 11.4. The predicted molar refractivity (Wildman–Crippen MR) is 66.6 cm³/mol. The maximum atomic E-state index is 9.16. The highest BCUT2D eigenvalue weighted by Crippen LogP contribution is 2.23. The largest absolute Gasteiger partial charge is 0.508 e. The molecule has 16 heavy (non-hydrogen) atoms. The Balaban J connectivity index is 1.99. The van der Waals surface area contributed by atoms with Gasteiger partial charge >= 0.3 is 0 Å². The first kappa shape index (κ1) is 11.0. The number of pyridine rings is 1. The van der Waals surface area contributed by atoms with Gasteiger partial charge in [-0.3, -0.25) is 4.98 Å². The number of rotatable bonds is 3. The molecule has 0 radical (unpaired) electrons. The Morgan fingerprint density at radius 2 is 1.88 bits per heavy atom. The molecule has 2 aromatic rings. The van der Waals surface area contributed by atoms with Crippen molar-refractivity contribution in [2.75, 3.05) is 0 Å². The fourth-order valence-corrected chi connectivity index (χ4v) is 2.18. The molecule has 0 aliphatic heterocycles. The van der Waals surface area contributed by atoms with Crippen LogP contribution in [0.3, 0.4) is 0 Å². The first-order valence-corrected chi connectivity index (χ1v) is 6.07. The van der Waals surface area contributed by atoms with E-state index in [1.807, 2.05) is 37.3 Å². The van der Waals surface area contributed by atoms with Gasteiger partial charge < -0.3 is 5.11 Å². The molecule has 0 fully saturated rings. The lowest BCUT2D eigenvalue weighted by molar-refractivity contribution is 0.475. The van der Waals surface area contributed by atoms with Crippen LogP contribution in [-0.2, 0) is 5.75 Å². The zero-order valence-electron chi connectivity index (χ0n) is 9.05. The van der Waals surface area contributed by atoms with Crippen molar-refractivity contribution in [1.29, 1.82) is 0 Å². The van der Waals surface area contributed by atoms with E-state index in [-0.39, 0.29) is 0 Å². The number of hydrogen-bond acceptors (Lipinski definition) is 3. The van der Waals surface area contributed by atoms with Crippen molar-refractivity contribution in [1.82, 2.24) is 4.98 Å². The second kappa shape index (κ2) is 5.03. The van der Waals surface area contributed by atoms with E-state index in [2.05, 4.69) is 4.98 Å². The van der Waals surface area contributed by atoms with Gasteiger partial charge in [0, 0.05) is 16.3 Å². The third-order valence-electron chi connectivity index (χ3n) is 2.17. The standard InChI is InChI=1S/C13H13NOS/c1-10-3-2-4-11(14-10)9-16-13-7-5-12(15)6-8-13/h2-8,15H,9H2,1H3. The molecule has 2 nitrogen and oxygen atoms in total. The van der Waals surface area contributed by atoms with Crippen LogP contribution in [0.2, 0.25) is 0 Å². The second-order valence-electron chi connectivity index (χ2n) is 3.55. The maximum absolute atomic E-state index is 9.16. The summed E-state index contributed by atoms with van der Waals surface area (Å²) in [5, 5.41) is 9.16. The normalized spacial score (nSPS) is 10.3. The molecule has 82 valence electrons. The lowest BCUT2D eigenvalue weighted by Gasteiger charge is -2.02. The number of aryl methyl sites for hydroxylation is 1. The first-order chi connectivity index (χ1) is 7.74. The Morgan fingerprint density at radius 1 is 1.12 bits per heavy atom. The summed E-state index contributed by atoms with van der Waals surface area (Å²) >= 11 is 1.72. The number of phenols is 1. The molecule has 0 amide bonds. The van der Waals surface area contributed by atoms with Gasteiger partial charge in [0.1, 0.15) is 5.75 Å². The van der Waals surface area contributed by atoms with Gasteiger partial charge in [-0.1, -0.05) is 6.07 Å². The van der Waals surface area contributed by atoms with Crippen LogP contribution in [0.1, 0.15) is 11.4 Å². The van der Waals surface area contributed by atoms with Crippen molar-refractivity contribution in [3.05, 3.63) is 53.9 Å². The number of benzene rings is 1. The van der Waals surface area contributed by atoms with E-state index >= 15 is 0 Å². The summed E-state index contributed by atoms with van der Waals surface area (Å²) in [6.07, 6.45) is 0. The van der Waals surface area contributed by atoms with Gasteiger partial charge in [-0.05, 0) is 43.3 Å². The minimum atomic E-state index is 0.304. The topological polar surface area (TPSA) is 33.1 Å². The number of thioether (sulfide) groups is 1. The molecule has 0 bridgehead atoms. The van der Waals surface area contributed by atoms with Gasteiger partial charge in [0.15, 0.2) is 0 Å². The molecule has 2 rings (SSSR count). The van der Waals surface area contributed by atoms with Gasteiger partial charge in [-0.2, -0.15) is 0 Å². The Kier molecular flexibility index (Phi) is 3.47. The monoisotopic (exact) mass is 231 g/mol. The molecule has 0 saturated carbocycles. The van der Waals surface area contributed by atoms with Crippen LogP contribution >= 0.6 is 11.8 Å². The van der Waals surface area contributed by atoms with Crippen LogP contribution < -0.4 is 0 Å². The third kappa shape index (κ3) is 3.00. The second-order valence-corrected chi connectivity index (χ2v) is 4.60. The number of aromatic nitrogens is 1. The van der Waals surface area contributed by atoms with E-state index in [4.69, 9.17) is 5.11 Å². The number of aromatic hydroxyl groups is 1. The van der Waals surface area contributed by atoms with Crippen LogP contribution in [0.15, 0.2) is 47.4 Å². The predicted octanol–water partition coefficient (Wildman–Crippen LogP) is 3.39. The molecule has 0 atom stereocenters. The van der Waals surface area contributed by atoms with Crippen LogP contribution in [0.4, 0.5) is 0 Å². The smallest absolute Gasteiger partial charge is 0.115 e. The SMILES string of the molecule is Cc1cccc(CSc2ccc(O)cc2)n1. The Bertz CT molecular complexity index is 468. The Hall–Kier alpha value is -1.48. The van der Waals surface area contributed by atoms with Crippen LogP contribution in [-0.4, -0.2) is 10.1 Å². The van der Waals surface area contributed by atoms with Crippen LogP contribution in [0.5, 0.6) is 5.75 Å². The van der Waals surface area contributed by atoms with Crippen molar-refractivity contribution in [3.63, 3.8) is 0 Å². The summed E-state index contributed by atoms with van der Waals surface area (Å²) in [5.41, 5.74) is 2.13. The summed E-state index contributed by atoms with van der Waals surface area (Å²) in [7, 11) is 0. The van der Waals surface area contributed by atoms with Crippen molar-refractivity contribution in [2.45, 2.75) is 17.6 Å². The molecule has 1 aromatic carbocycles. The molecule has 0 spiro atoms. The average Bonchev–Trinajstić information content (AvgIpc) is 2.28. The lowest BCUT2D eigenvalue weighted by atomic mass is 10.3. The number of nitrogens with zero attached hydrogens (tertiary/aromatic N) is 1. The summed E-state index contributed by atoms with van der Waals surface area (Å²) < 4.78 is 0. The molecular formula is C13H13NOS. The number of hydrogen-bond donors (Lipinski definition) is 1. The summed E-state index contributed by atoms with van der Waals surface area (Å²) in [6, 6.07) is 13.3. The first-order valence-electron chi connectivity index (χ1n) is 5.08. The van der Waals surface area contributed by atoms with Crippen molar-refractivity contribution < 1.29 is 5.11 Å². The van der Waals surface area contributed by atoms with Gasteiger partial charge in [0.05, 0.1) is 5.69 Å². The van der Waals surface area contributed by atoms with E-state index in [9.17, 15) is 0 Å². The quantitative estimate of drug-likeness (QED) is 0.822. The van der Waals surface area contributed by atoms with E-state index in [1.54, 1.807) is 23.9 Å². The summed E-state index contributed by atoms with van der Waals surface area (Å²) in [4.78, 5) is 5.58. The zero-order valence-corrected chi connectivity index (χ0v) is 9.87. The highest BCUT2D eigenvalue weighted by atomic mass is 32.2. The highest BCUT2D eigenvalue weighted by Gasteiger charge is 1.98. The molecule has 0 aliphatic rings. The number of phenolic OH excluding ortho intramolecular Hbond substituents is 1. The van der Waals surface area contributed by atoms with Gasteiger partial charge in [0.2, 0.25) is 0 Å². The van der Waals surface area contributed by atoms with E-state index in [1.165, 1.54) is 0 Å². The molecule has 1 aromatic heterocycles. The van der Waals surface area contributed by atoms with E-state index in [0.717, 1.165) is 22.0 Å². The summed E-state index contributed by atoms with van der Waals surface area (Å²) in [6.45, 7) is 1.99. The fraction of sp³-hybridized carbons (Fsp3) is 0.154. The van der Waals surface area contributed by atoms with Crippen LogP contribution in [0, 0.1) is 6.92 Å². The maximum Gasteiger partial charge on any atom is 0.115 e. The van der Waals surface area contributed by atoms with Gasteiger partial charge in [-0.15, -0.1) is 11.8 Å². The molecule has 1 heterocycles. The average molecular weight is 231 g/mol. The van der Waals surface area contributed by atoms with Crippen molar-refractivity contribution in [3.8, 4) is 5.75 Å². The molecule has 0 unspecified atom stereocenters. The molecule has 1 N–H and O–H groups in total. The van der Waals surface area contributed by atoms with E-state index in [0.29, 0.717) is 5.75 Å². The lowest BCUT2D eigenvalue weighted by Crippen LogP contribution is -1.88. The highest BCUT2D eigenvalue weighted by molar-refractivity contribution is 7.98. The molecular weight excluding hydrogens is 218 g/mol. The van der Waals surface area contributed by atoms with Gasteiger partial charge in [0.25, 0.3) is 0 Å². The van der Waals surface area contributed by atoms with Gasteiger partial charge in [-0.25, -0.2) is 0 Å².